The summed E-state index contributed by atoms with van der Waals surface area (Å²) in [6, 6.07) is 8.51. The third-order valence-electron chi connectivity index (χ3n) is 2.43. The molecular formula is C11H14BrNO. The molecule has 0 bridgehead atoms. The predicted molar refractivity (Wildman–Crippen MR) is 60.7 cm³/mol. The molecule has 2 rings (SSSR count). The molecule has 76 valence electrons. The van der Waals surface area contributed by atoms with E-state index < -0.39 is 0 Å². The lowest BCUT2D eigenvalue weighted by Crippen LogP contribution is -2.28. The number of benzene rings is 1. The Morgan fingerprint density at radius 2 is 2.14 bits per heavy atom. The molecular weight excluding hydrogens is 242 g/mol. The van der Waals surface area contributed by atoms with Crippen LogP contribution >= 0.6 is 15.9 Å². The van der Waals surface area contributed by atoms with E-state index in [1.54, 1.807) is 0 Å². The van der Waals surface area contributed by atoms with E-state index in [1.807, 2.05) is 24.3 Å². The summed E-state index contributed by atoms with van der Waals surface area (Å²) in [5.41, 5.74) is 0. The minimum absolute atomic E-state index is 0.540. The average molecular weight is 256 g/mol. The lowest BCUT2D eigenvalue weighted by Gasteiger charge is -2.11. The van der Waals surface area contributed by atoms with Gasteiger partial charge in [0.15, 0.2) is 0 Å². The summed E-state index contributed by atoms with van der Waals surface area (Å²) in [4.78, 5) is 0. The summed E-state index contributed by atoms with van der Waals surface area (Å²) in [6.07, 6.45) is 2.50. The molecule has 14 heavy (non-hydrogen) atoms. The van der Waals surface area contributed by atoms with Crippen LogP contribution in [0.2, 0.25) is 0 Å². The SMILES string of the molecule is Brc1ccc(OC[C@H]2CCCN2)cc1. The maximum absolute atomic E-state index is 5.66. The first-order valence-electron chi connectivity index (χ1n) is 4.96. The quantitative estimate of drug-likeness (QED) is 0.897. The maximum Gasteiger partial charge on any atom is 0.119 e. The number of rotatable bonds is 3. The smallest absolute Gasteiger partial charge is 0.119 e. The summed E-state index contributed by atoms with van der Waals surface area (Å²) in [5.74, 6) is 0.946. The zero-order chi connectivity index (χ0) is 9.80. The lowest BCUT2D eigenvalue weighted by molar-refractivity contribution is 0.277. The normalized spacial score (nSPS) is 21.1. The van der Waals surface area contributed by atoms with E-state index in [1.165, 1.54) is 12.8 Å². The monoisotopic (exact) mass is 255 g/mol. The number of halogens is 1. The summed E-state index contributed by atoms with van der Waals surface area (Å²) in [5, 5.41) is 3.40. The van der Waals surface area contributed by atoms with Gasteiger partial charge in [0.05, 0.1) is 0 Å². The second-order valence-electron chi connectivity index (χ2n) is 3.56. The Morgan fingerprint density at radius 3 is 2.79 bits per heavy atom. The number of hydrogen-bond acceptors (Lipinski definition) is 2. The Balaban J connectivity index is 1.82. The highest BCUT2D eigenvalue weighted by Gasteiger charge is 2.13. The third kappa shape index (κ3) is 2.72. The molecule has 0 aliphatic carbocycles. The van der Waals surface area contributed by atoms with Gasteiger partial charge in [0.2, 0.25) is 0 Å². The van der Waals surface area contributed by atoms with Crippen molar-refractivity contribution in [2.75, 3.05) is 13.2 Å². The summed E-state index contributed by atoms with van der Waals surface area (Å²) < 4.78 is 6.75. The first-order valence-corrected chi connectivity index (χ1v) is 5.75. The topological polar surface area (TPSA) is 21.3 Å². The molecule has 1 aliphatic rings. The molecule has 1 atom stereocenters. The second kappa shape index (κ2) is 4.80. The van der Waals surface area contributed by atoms with Crippen molar-refractivity contribution >= 4 is 15.9 Å². The van der Waals surface area contributed by atoms with E-state index in [2.05, 4.69) is 21.2 Å². The highest BCUT2D eigenvalue weighted by molar-refractivity contribution is 9.10. The molecule has 0 unspecified atom stereocenters. The largest absolute Gasteiger partial charge is 0.492 e. The zero-order valence-corrected chi connectivity index (χ0v) is 9.59. The van der Waals surface area contributed by atoms with Crippen molar-refractivity contribution in [1.29, 1.82) is 0 Å². The van der Waals surface area contributed by atoms with Crippen molar-refractivity contribution in [3.63, 3.8) is 0 Å². The van der Waals surface area contributed by atoms with Crippen LogP contribution in [0.5, 0.6) is 5.75 Å². The Labute approximate surface area is 92.8 Å². The van der Waals surface area contributed by atoms with Gasteiger partial charge in [-0.2, -0.15) is 0 Å². The minimum atomic E-state index is 0.540. The Kier molecular flexibility index (Phi) is 3.43. The van der Waals surface area contributed by atoms with Crippen molar-refractivity contribution in [2.45, 2.75) is 18.9 Å². The van der Waals surface area contributed by atoms with Crippen LogP contribution in [-0.2, 0) is 0 Å². The fraction of sp³-hybridized carbons (Fsp3) is 0.455. The van der Waals surface area contributed by atoms with E-state index in [9.17, 15) is 0 Å². The number of nitrogens with one attached hydrogen (secondary N) is 1. The van der Waals surface area contributed by atoms with Gasteiger partial charge in [0, 0.05) is 10.5 Å². The lowest BCUT2D eigenvalue weighted by atomic mass is 10.2. The Morgan fingerprint density at radius 1 is 1.36 bits per heavy atom. The van der Waals surface area contributed by atoms with Gasteiger partial charge < -0.3 is 10.1 Å². The fourth-order valence-electron chi connectivity index (χ4n) is 1.63. The van der Waals surface area contributed by atoms with Crippen LogP contribution < -0.4 is 10.1 Å². The van der Waals surface area contributed by atoms with Crippen LogP contribution in [0, 0.1) is 0 Å². The first-order chi connectivity index (χ1) is 6.84. The highest BCUT2D eigenvalue weighted by atomic mass is 79.9. The van der Waals surface area contributed by atoms with Gasteiger partial charge in [-0.15, -0.1) is 0 Å². The highest BCUT2D eigenvalue weighted by Crippen LogP contribution is 2.17. The molecule has 0 saturated carbocycles. The number of hydrogen-bond donors (Lipinski definition) is 1. The van der Waals surface area contributed by atoms with Crippen molar-refractivity contribution in [1.82, 2.24) is 5.32 Å². The molecule has 1 aromatic carbocycles. The summed E-state index contributed by atoms with van der Waals surface area (Å²) in [7, 11) is 0. The van der Waals surface area contributed by atoms with E-state index in [4.69, 9.17) is 4.74 Å². The molecule has 3 heteroatoms. The molecule has 1 heterocycles. The van der Waals surface area contributed by atoms with Crippen LogP contribution in [0.3, 0.4) is 0 Å². The van der Waals surface area contributed by atoms with Crippen LogP contribution in [0.15, 0.2) is 28.7 Å². The maximum atomic E-state index is 5.66. The van der Waals surface area contributed by atoms with Gasteiger partial charge in [-0.1, -0.05) is 15.9 Å². The van der Waals surface area contributed by atoms with Crippen molar-refractivity contribution in [3.05, 3.63) is 28.7 Å². The summed E-state index contributed by atoms with van der Waals surface area (Å²) in [6.45, 7) is 1.91. The third-order valence-corrected chi connectivity index (χ3v) is 2.96. The van der Waals surface area contributed by atoms with Gasteiger partial charge in [0.1, 0.15) is 12.4 Å². The van der Waals surface area contributed by atoms with Gasteiger partial charge in [-0.3, -0.25) is 0 Å². The molecule has 1 fully saturated rings. The molecule has 0 aromatic heterocycles. The van der Waals surface area contributed by atoms with E-state index in [0.29, 0.717) is 6.04 Å². The van der Waals surface area contributed by atoms with Crippen LogP contribution in [0.25, 0.3) is 0 Å². The molecule has 0 amide bonds. The van der Waals surface area contributed by atoms with E-state index in [-0.39, 0.29) is 0 Å². The van der Waals surface area contributed by atoms with Crippen LogP contribution in [0.4, 0.5) is 0 Å². The average Bonchev–Trinajstić information content (AvgIpc) is 2.70. The van der Waals surface area contributed by atoms with Gasteiger partial charge in [0.25, 0.3) is 0 Å². The fourth-order valence-corrected chi connectivity index (χ4v) is 1.89. The van der Waals surface area contributed by atoms with E-state index in [0.717, 1.165) is 23.4 Å². The minimum Gasteiger partial charge on any atom is -0.492 e. The second-order valence-corrected chi connectivity index (χ2v) is 4.47. The molecule has 0 radical (unpaired) electrons. The molecule has 1 aliphatic heterocycles. The predicted octanol–water partition coefficient (Wildman–Crippen LogP) is 2.58. The van der Waals surface area contributed by atoms with Gasteiger partial charge in [-0.05, 0) is 43.7 Å². The molecule has 1 aromatic rings. The summed E-state index contributed by atoms with van der Waals surface area (Å²) >= 11 is 3.39. The van der Waals surface area contributed by atoms with Crippen LogP contribution in [0.1, 0.15) is 12.8 Å². The van der Waals surface area contributed by atoms with Gasteiger partial charge in [-0.25, -0.2) is 0 Å². The van der Waals surface area contributed by atoms with Gasteiger partial charge >= 0.3 is 0 Å². The zero-order valence-electron chi connectivity index (χ0n) is 8.00. The van der Waals surface area contributed by atoms with Crippen LogP contribution in [-0.4, -0.2) is 19.2 Å². The number of ether oxygens (including phenoxy) is 1. The standard InChI is InChI=1S/C11H14BrNO/c12-9-3-5-11(6-4-9)14-8-10-2-1-7-13-10/h3-6,10,13H,1-2,7-8H2/t10-/m1/s1. The van der Waals surface area contributed by atoms with Crippen molar-refractivity contribution in [3.8, 4) is 5.75 Å². The molecule has 1 saturated heterocycles. The Hall–Kier alpha value is -0.540. The van der Waals surface area contributed by atoms with Crippen molar-refractivity contribution in [2.24, 2.45) is 0 Å². The first kappa shape index (κ1) is 9.99. The molecule has 1 N–H and O–H groups in total. The molecule has 0 spiro atoms. The molecule has 2 nitrogen and oxygen atoms in total. The van der Waals surface area contributed by atoms with E-state index >= 15 is 0 Å². The van der Waals surface area contributed by atoms with Crippen molar-refractivity contribution < 1.29 is 4.74 Å². The Bertz CT molecular complexity index is 280.